The summed E-state index contributed by atoms with van der Waals surface area (Å²) in [4.78, 5) is 16.7. The predicted octanol–water partition coefficient (Wildman–Crippen LogP) is 4.02. The van der Waals surface area contributed by atoms with Gasteiger partial charge >= 0.3 is 0 Å². The Morgan fingerprint density at radius 3 is 2.60 bits per heavy atom. The quantitative estimate of drug-likeness (QED) is 0.659. The summed E-state index contributed by atoms with van der Waals surface area (Å²) < 4.78 is 12.3. The number of carbonyl (C=O) groups excluding carboxylic acids is 1. The van der Waals surface area contributed by atoms with E-state index in [1.54, 1.807) is 19.0 Å². The van der Waals surface area contributed by atoms with Gasteiger partial charge in [-0.3, -0.25) is 9.69 Å². The Labute approximate surface area is 189 Å². The minimum absolute atomic E-state index is 0.0741. The second-order valence-corrected chi connectivity index (χ2v) is 8.60. The molecular weight excluding hydrogens is 466 g/mol. The van der Waals surface area contributed by atoms with E-state index in [9.17, 15) is 4.79 Å². The van der Waals surface area contributed by atoms with Crippen LogP contribution in [0.25, 0.3) is 0 Å². The maximum atomic E-state index is 13.2. The van der Waals surface area contributed by atoms with E-state index in [4.69, 9.17) is 21.7 Å². The largest absolute Gasteiger partial charge is 0.486 e. The number of hydrogen-bond donors (Lipinski definition) is 1. The first-order valence-corrected chi connectivity index (χ1v) is 10.7. The Kier molecular flexibility index (Phi) is 5.71. The number of nitrogens with zero attached hydrogens (tertiary/aromatic N) is 2. The van der Waals surface area contributed by atoms with Crippen LogP contribution in [0.15, 0.2) is 58.2 Å². The van der Waals surface area contributed by atoms with Gasteiger partial charge in [0.15, 0.2) is 16.6 Å². The first kappa shape index (κ1) is 20.7. The van der Waals surface area contributed by atoms with Crippen LogP contribution in [0.4, 0.5) is 5.69 Å². The van der Waals surface area contributed by atoms with Gasteiger partial charge in [0.05, 0.1) is 17.3 Å². The molecule has 4 rings (SSSR count). The first-order valence-electron chi connectivity index (χ1n) is 9.55. The van der Waals surface area contributed by atoms with Crippen molar-refractivity contribution in [3.05, 3.63) is 63.8 Å². The number of likely N-dealkylation sites (N-methyl/N-ethyl adjacent to an activating group) is 1. The summed E-state index contributed by atoms with van der Waals surface area (Å²) in [6.07, 6.45) is 0. The van der Waals surface area contributed by atoms with E-state index in [1.165, 1.54) is 0 Å². The molecule has 0 saturated carbocycles. The van der Waals surface area contributed by atoms with E-state index in [1.807, 2.05) is 54.3 Å². The average molecular weight is 488 g/mol. The van der Waals surface area contributed by atoms with Crippen molar-refractivity contribution in [1.82, 2.24) is 10.2 Å². The number of fused-ring (bicyclic) bond motifs is 1. The van der Waals surface area contributed by atoms with Crippen molar-refractivity contribution in [3.8, 4) is 11.5 Å². The zero-order chi connectivity index (χ0) is 21.4. The molecule has 1 amide bonds. The van der Waals surface area contributed by atoms with E-state index >= 15 is 0 Å². The van der Waals surface area contributed by atoms with Crippen LogP contribution in [0, 0.1) is 0 Å². The zero-order valence-corrected chi connectivity index (χ0v) is 19.3. The SMILES string of the molecule is CC1=C(C(=O)N(C)C)[C@H](c2cccc(Br)c2)NC(=S)N1c1ccc2c(c1)OCCO2. The lowest BCUT2D eigenvalue weighted by Gasteiger charge is -2.38. The van der Waals surface area contributed by atoms with Crippen molar-refractivity contribution >= 4 is 44.9 Å². The molecule has 0 aliphatic carbocycles. The molecule has 2 aliphatic rings. The maximum Gasteiger partial charge on any atom is 0.253 e. The molecule has 0 bridgehead atoms. The molecule has 30 heavy (non-hydrogen) atoms. The number of nitrogens with one attached hydrogen (secondary N) is 1. The molecule has 2 heterocycles. The third-order valence-electron chi connectivity index (χ3n) is 5.09. The predicted molar refractivity (Wildman–Crippen MR) is 124 cm³/mol. The lowest BCUT2D eigenvalue weighted by molar-refractivity contribution is -0.125. The number of rotatable bonds is 3. The normalized spacial score (nSPS) is 18.2. The van der Waals surface area contributed by atoms with Gasteiger partial charge in [0.2, 0.25) is 0 Å². The van der Waals surface area contributed by atoms with Crippen molar-refractivity contribution in [2.24, 2.45) is 0 Å². The molecule has 1 atom stereocenters. The van der Waals surface area contributed by atoms with Crippen LogP contribution >= 0.6 is 28.1 Å². The molecule has 2 aromatic carbocycles. The van der Waals surface area contributed by atoms with E-state index in [2.05, 4.69) is 21.2 Å². The smallest absolute Gasteiger partial charge is 0.253 e. The van der Waals surface area contributed by atoms with Gasteiger partial charge in [0.25, 0.3) is 5.91 Å². The van der Waals surface area contributed by atoms with Crippen LogP contribution in [0.3, 0.4) is 0 Å². The molecule has 6 nitrogen and oxygen atoms in total. The summed E-state index contributed by atoms with van der Waals surface area (Å²) in [5.41, 5.74) is 3.18. The molecule has 2 aromatic rings. The van der Waals surface area contributed by atoms with Crippen LogP contribution in [0.2, 0.25) is 0 Å². The summed E-state index contributed by atoms with van der Waals surface area (Å²) in [7, 11) is 3.50. The number of benzene rings is 2. The first-order chi connectivity index (χ1) is 14.4. The fourth-order valence-electron chi connectivity index (χ4n) is 3.68. The van der Waals surface area contributed by atoms with E-state index < -0.39 is 0 Å². The Morgan fingerprint density at radius 2 is 1.90 bits per heavy atom. The number of carbonyl (C=O) groups is 1. The van der Waals surface area contributed by atoms with Gasteiger partial charge in [0, 0.05) is 30.3 Å². The summed E-state index contributed by atoms with van der Waals surface area (Å²) in [6, 6.07) is 13.2. The summed E-state index contributed by atoms with van der Waals surface area (Å²) >= 11 is 9.25. The minimum atomic E-state index is -0.349. The Bertz CT molecular complexity index is 1050. The van der Waals surface area contributed by atoms with Gasteiger partial charge in [0.1, 0.15) is 13.2 Å². The van der Waals surface area contributed by atoms with Crippen molar-refractivity contribution in [2.45, 2.75) is 13.0 Å². The molecule has 1 N–H and O–H groups in total. The third kappa shape index (κ3) is 3.77. The Balaban J connectivity index is 1.83. The Hall–Kier alpha value is -2.58. The fraction of sp³-hybridized carbons (Fsp3) is 0.273. The monoisotopic (exact) mass is 487 g/mol. The van der Waals surface area contributed by atoms with Crippen LogP contribution in [0.1, 0.15) is 18.5 Å². The molecule has 0 radical (unpaired) electrons. The van der Waals surface area contributed by atoms with Crippen LogP contribution in [0.5, 0.6) is 11.5 Å². The lowest BCUT2D eigenvalue weighted by Crippen LogP contribution is -2.49. The van der Waals surface area contributed by atoms with Crippen LogP contribution < -0.4 is 19.7 Å². The highest BCUT2D eigenvalue weighted by atomic mass is 79.9. The maximum absolute atomic E-state index is 13.2. The molecule has 0 saturated heterocycles. The van der Waals surface area contributed by atoms with Gasteiger partial charge in [-0.05, 0) is 49.0 Å². The van der Waals surface area contributed by atoms with E-state index in [0.717, 1.165) is 21.4 Å². The van der Waals surface area contributed by atoms with Crippen molar-refractivity contribution < 1.29 is 14.3 Å². The fourth-order valence-corrected chi connectivity index (χ4v) is 4.46. The minimum Gasteiger partial charge on any atom is -0.486 e. The van der Waals surface area contributed by atoms with Gasteiger partial charge in [-0.2, -0.15) is 0 Å². The molecule has 8 heteroatoms. The van der Waals surface area contributed by atoms with Gasteiger partial charge < -0.3 is 19.7 Å². The second kappa shape index (κ2) is 8.28. The highest BCUT2D eigenvalue weighted by Crippen LogP contribution is 2.39. The number of allylic oxidation sites excluding steroid dienone is 1. The van der Waals surface area contributed by atoms with Crippen LogP contribution in [-0.4, -0.2) is 43.2 Å². The van der Waals surface area contributed by atoms with E-state index in [0.29, 0.717) is 35.4 Å². The standard InChI is InChI=1S/C22H22BrN3O3S/c1-13-19(21(27)25(2)3)20(14-5-4-6-15(23)11-14)24-22(30)26(13)16-7-8-17-18(12-16)29-10-9-28-17/h4-8,11-12,20H,9-10H2,1-3H3,(H,24,30)/t20-/m0/s1. The number of amides is 1. The number of halogens is 1. The lowest BCUT2D eigenvalue weighted by atomic mass is 9.94. The summed E-state index contributed by atoms with van der Waals surface area (Å²) in [5.74, 6) is 1.30. The molecule has 0 unspecified atom stereocenters. The Morgan fingerprint density at radius 1 is 1.17 bits per heavy atom. The molecular formula is C22H22BrN3O3S. The molecule has 0 spiro atoms. The molecule has 0 aromatic heterocycles. The molecule has 156 valence electrons. The number of ether oxygens (including phenoxy) is 2. The van der Waals surface area contributed by atoms with E-state index in [-0.39, 0.29) is 11.9 Å². The summed E-state index contributed by atoms with van der Waals surface area (Å²) in [6.45, 7) is 2.96. The van der Waals surface area contributed by atoms with Gasteiger partial charge in [-0.1, -0.05) is 28.1 Å². The molecule has 2 aliphatic heterocycles. The van der Waals surface area contributed by atoms with Crippen molar-refractivity contribution in [2.75, 3.05) is 32.2 Å². The number of hydrogen-bond acceptors (Lipinski definition) is 4. The van der Waals surface area contributed by atoms with Crippen molar-refractivity contribution in [3.63, 3.8) is 0 Å². The third-order valence-corrected chi connectivity index (χ3v) is 5.88. The van der Waals surface area contributed by atoms with Crippen LogP contribution in [-0.2, 0) is 4.79 Å². The average Bonchev–Trinajstić information content (AvgIpc) is 2.72. The highest BCUT2D eigenvalue weighted by Gasteiger charge is 2.35. The number of thiocarbonyl (C=S) groups is 1. The van der Waals surface area contributed by atoms with Crippen molar-refractivity contribution in [1.29, 1.82) is 0 Å². The summed E-state index contributed by atoms with van der Waals surface area (Å²) in [5, 5.41) is 3.88. The second-order valence-electron chi connectivity index (χ2n) is 7.30. The topological polar surface area (TPSA) is 54.0 Å². The molecule has 0 fully saturated rings. The van der Waals surface area contributed by atoms with Gasteiger partial charge in [-0.25, -0.2) is 0 Å². The number of anilines is 1. The zero-order valence-electron chi connectivity index (χ0n) is 16.9. The van der Waals surface area contributed by atoms with Gasteiger partial charge in [-0.15, -0.1) is 0 Å². The highest BCUT2D eigenvalue weighted by molar-refractivity contribution is 9.10.